The molecule has 0 heterocycles. The van der Waals surface area contributed by atoms with Crippen molar-refractivity contribution in [3.63, 3.8) is 0 Å². The average molecular weight is 955 g/mol. The lowest BCUT2D eigenvalue weighted by molar-refractivity contribution is -0.159. The molecule has 0 saturated heterocycles. The van der Waals surface area contributed by atoms with Crippen molar-refractivity contribution in [1.29, 1.82) is 0 Å². The Hall–Kier alpha value is -9.71. The standard InChI is InChI=1S/C72H10O5/c1-7(73)8-4-3-5-9(6-8)77-69(75)72(68(74)76-2)70-64-56-48-38-28-20-12-10-11-14-18-16(12)24-32-26(18)36-30-22(14)23-15(11)19-17-13(10)21(20)29-35-25(17)33-27(19)37-31(23)41-40(30)50-44(36)54-46(32)52(42(48)34(24)28)60(64)62(54)66-58(50)59-51(41)45(37)55-47(33)53-43(35)49(39(29)38)57(56)65(70)61(53)63(55)67(59)71(66,70)72/h3-6H,1-2H3. The van der Waals surface area contributed by atoms with Crippen LogP contribution < -0.4 is 4.74 Å². The van der Waals surface area contributed by atoms with Crippen LogP contribution in [0, 0.1) is 5.41 Å². The summed E-state index contributed by atoms with van der Waals surface area (Å²) in [7, 11) is 1.51. The predicted octanol–water partition coefficient (Wildman–Crippen LogP) is 17.3. The summed E-state index contributed by atoms with van der Waals surface area (Å²) in [4.78, 5) is 47.1. The normalized spacial score (nSPS) is 23.0. The monoisotopic (exact) mass is 954 g/mol. The van der Waals surface area contributed by atoms with E-state index >= 15 is 9.59 Å². The van der Waals surface area contributed by atoms with E-state index in [-0.39, 0.29) is 11.5 Å². The first-order chi connectivity index (χ1) is 38.0. The molecule has 5 nitrogen and oxygen atoms in total. The van der Waals surface area contributed by atoms with Crippen molar-refractivity contribution in [1.82, 2.24) is 0 Å². The Kier molecular flexibility index (Phi) is 2.66. The van der Waals surface area contributed by atoms with Crippen molar-refractivity contribution in [3.8, 4) is 5.75 Å². The van der Waals surface area contributed by atoms with E-state index < -0.39 is 28.2 Å². The molecule has 34 rings (SSSR count). The van der Waals surface area contributed by atoms with Gasteiger partial charge in [-0.3, -0.25) is 14.4 Å². The molecule has 29 aromatic rings. The van der Waals surface area contributed by atoms with Gasteiger partial charge in [0.05, 0.1) is 17.9 Å². The number of Topliss-reactive ketones (excluding diaryl/α,β-unsaturated/α-hetero) is 1. The Morgan fingerprint density at radius 3 is 0.701 bits per heavy atom. The summed E-state index contributed by atoms with van der Waals surface area (Å²) >= 11 is 0. The lowest BCUT2D eigenvalue weighted by Crippen LogP contribution is -2.39. The fourth-order valence-electron chi connectivity index (χ4n) is 26.4. The number of methoxy groups -OCH3 is 1. The Morgan fingerprint density at radius 2 is 0.506 bits per heavy atom. The van der Waals surface area contributed by atoms with E-state index in [9.17, 15) is 4.79 Å². The summed E-state index contributed by atoms with van der Waals surface area (Å²) < 4.78 is 13.4. The molecule has 77 heavy (non-hydrogen) atoms. The third-order valence-corrected chi connectivity index (χ3v) is 26.6. The van der Waals surface area contributed by atoms with Gasteiger partial charge in [-0.05, 0) is 332 Å². The van der Waals surface area contributed by atoms with Gasteiger partial charge in [-0.15, -0.1) is 0 Å². The number of carbonyl (C=O) groups excluding carboxylic acids is 3. The fraction of sp³-hybridized carbons (Fsp3) is 0.0694. The molecule has 5 heteroatoms. The molecule has 0 radical (unpaired) electrons. The second-order valence-corrected chi connectivity index (χ2v) is 27.0. The van der Waals surface area contributed by atoms with Gasteiger partial charge in [0.15, 0.2) is 11.2 Å². The highest BCUT2D eigenvalue weighted by Gasteiger charge is 3.01. The van der Waals surface area contributed by atoms with Crippen LogP contribution in [0.2, 0.25) is 0 Å². The van der Waals surface area contributed by atoms with Gasteiger partial charge in [-0.2, -0.15) is 0 Å². The van der Waals surface area contributed by atoms with Gasteiger partial charge in [0.1, 0.15) is 5.75 Å². The number of ketones is 1. The van der Waals surface area contributed by atoms with E-state index in [0.717, 1.165) is 0 Å². The second-order valence-electron chi connectivity index (χ2n) is 27.0. The van der Waals surface area contributed by atoms with Crippen molar-refractivity contribution >= 4 is 309 Å². The third kappa shape index (κ3) is 1.62. The summed E-state index contributed by atoms with van der Waals surface area (Å²) in [6, 6.07) is 7.05. The van der Waals surface area contributed by atoms with Crippen LogP contribution in [0.1, 0.15) is 39.5 Å². The maximum Gasteiger partial charge on any atom is 0.331 e. The molecule has 0 bridgehead atoms. The van der Waals surface area contributed by atoms with Crippen molar-refractivity contribution in [2.24, 2.45) is 5.41 Å². The zero-order chi connectivity index (χ0) is 47.1. The molecule has 1 fully saturated rings. The molecular formula is C72H10O5. The highest BCUT2D eigenvalue weighted by atomic mass is 16.6. The summed E-state index contributed by atoms with van der Waals surface area (Å²) in [6.07, 6.45) is 0. The van der Waals surface area contributed by atoms with Gasteiger partial charge in [0.25, 0.3) is 0 Å². The lowest BCUT2D eigenvalue weighted by Gasteiger charge is -2.32. The molecule has 0 atom stereocenters. The predicted molar refractivity (Wildman–Crippen MR) is 310 cm³/mol. The molecule has 5 aliphatic carbocycles. The van der Waals surface area contributed by atoms with Crippen LogP contribution in [0.25, 0.3) is 291 Å². The number of esters is 2. The van der Waals surface area contributed by atoms with Crippen LogP contribution in [-0.2, 0) is 25.2 Å². The molecule has 2 spiro atoms. The highest BCUT2D eigenvalue weighted by molar-refractivity contribution is 6.82. The van der Waals surface area contributed by atoms with Crippen molar-refractivity contribution in [3.05, 3.63) is 52.1 Å². The van der Waals surface area contributed by atoms with Crippen LogP contribution in [0.5, 0.6) is 5.75 Å². The smallest absolute Gasteiger partial charge is 0.331 e. The summed E-state index contributed by atoms with van der Waals surface area (Å²) in [5.74, 6) is -0.916. The molecule has 1 saturated carbocycles. The van der Waals surface area contributed by atoms with Crippen LogP contribution in [0.3, 0.4) is 0 Å². The Labute approximate surface area is 418 Å². The Morgan fingerprint density at radius 1 is 0.299 bits per heavy atom. The van der Waals surface area contributed by atoms with Crippen LogP contribution in [-0.4, -0.2) is 24.8 Å². The number of benzene rings is 19. The summed E-state index contributed by atoms with van der Waals surface area (Å²) in [5.41, 5.74) is 1.04. The summed E-state index contributed by atoms with van der Waals surface area (Å²) in [5, 5.41) is 77.9. The minimum Gasteiger partial charge on any atom is -0.468 e. The van der Waals surface area contributed by atoms with E-state index in [1.165, 1.54) is 309 Å². The SMILES string of the molecule is COC(=O)C1(C(=O)Oc2cccc(C(C)=O)c2)C23c4c5c6c7c8c9c(c%10c%11c2c2c4c4c%12c5c5c6c6c8c8c%13c9c9c%10c%10c%11c%11c2c2c4c4c%12c%12c5c5c6c8c6c8c%13c9c9c%10c%10c%11c2c2c4c4c%12c5c6c5c8c9c%10c2c45)C713. The molecule has 29 aromatic carbocycles. The number of carbonyl (C=O) groups is 3. The number of rotatable bonds is 4. The van der Waals surface area contributed by atoms with E-state index in [1.807, 2.05) is 0 Å². The molecule has 0 aliphatic heterocycles. The van der Waals surface area contributed by atoms with Crippen molar-refractivity contribution < 1.29 is 23.9 Å². The van der Waals surface area contributed by atoms with E-state index in [2.05, 4.69) is 0 Å². The van der Waals surface area contributed by atoms with Crippen LogP contribution in [0.15, 0.2) is 24.3 Å². The van der Waals surface area contributed by atoms with Gasteiger partial charge in [-0.1, -0.05) is 12.1 Å². The fourth-order valence-corrected chi connectivity index (χ4v) is 26.4. The van der Waals surface area contributed by atoms with E-state index in [1.54, 1.807) is 42.0 Å². The maximum absolute atomic E-state index is 17.3. The van der Waals surface area contributed by atoms with Crippen LogP contribution in [0.4, 0.5) is 0 Å². The molecule has 5 aliphatic rings. The maximum atomic E-state index is 17.3. The summed E-state index contributed by atoms with van der Waals surface area (Å²) in [6.45, 7) is 1.55. The van der Waals surface area contributed by atoms with Crippen molar-refractivity contribution in [2.75, 3.05) is 7.11 Å². The molecule has 328 valence electrons. The first-order valence-electron chi connectivity index (χ1n) is 27.7. The Bertz CT molecular complexity index is 7250. The van der Waals surface area contributed by atoms with Gasteiger partial charge in [-0.25, -0.2) is 0 Å². The number of ether oxygens (including phenoxy) is 2. The third-order valence-electron chi connectivity index (χ3n) is 26.6. The molecule has 0 amide bonds. The van der Waals surface area contributed by atoms with Crippen LogP contribution >= 0.6 is 0 Å². The topological polar surface area (TPSA) is 69.7 Å². The van der Waals surface area contributed by atoms with Gasteiger partial charge >= 0.3 is 11.9 Å². The van der Waals surface area contributed by atoms with Gasteiger partial charge in [0, 0.05) is 5.56 Å². The van der Waals surface area contributed by atoms with Gasteiger partial charge in [0.2, 0.25) is 0 Å². The van der Waals surface area contributed by atoms with E-state index in [0.29, 0.717) is 5.56 Å². The Balaban J connectivity index is 1.07. The highest BCUT2D eigenvalue weighted by Crippen LogP contribution is 2.96. The number of hydrogen-bond donors (Lipinski definition) is 0. The molecule has 0 N–H and O–H groups in total. The quantitative estimate of drug-likeness (QED) is 0.0578. The largest absolute Gasteiger partial charge is 0.468 e. The molecular weight excluding hydrogens is 945 g/mol. The number of hydrogen-bond acceptors (Lipinski definition) is 5. The van der Waals surface area contributed by atoms with Crippen molar-refractivity contribution in [2.45, 2.75) is 17.8 Å². The molecule has 0 aromatic heterocycles. The zero-order valence-corrected chi connectivity index (χ0v) is 39.4. The minimum absolute atomic E-state index is 0.111. The minimum atomic E-state index is -1.86. The first-order valence-corrected chi connectivity index (χ1v) is 27.7. The lowest BCUT2D eigenvalue weighted by atomic mass is 9.68. The van der Waals surface area contributed by atoms with E-state index in [4.69, 9.17) is 9.47 Å². The zero-order valence-electron chi connectivity index (χ0n) is 39.4. The molecule has 0 unspecified atom stereocenters. The van der Waals surface area contributed by atoms with Gasteiger partial charge < -0.3 is 9.47 Å². The first kappa shape index (κ1) is 30.0. The average Bonchev–Trinajstić information content (AvgIpc) is 2.45. The second kappa shape index (κ2) is 6.84.